The highest BCUT2D eigenvalue weighted by Gasteiger charge is 2.47. The predicted octanol–water partition coefficient (Wildman–Crippen LogP) is 5.76. The van der Waals surface area contributed by atoms with E-state index in [0.717, 1.165) is 31.2 Å². The molecule has 4 N–H and O–H groups in total. The van der Waals surface area contributed by atoms with Gasteiger partial charge in [-0.15, -0.1) is 0 Å². The van der Waals surface area contributed by atoms with E-state index in [1.165, 1.54) is 4.90 Å². The zero-order valence-corrected chi connectivity index (χ0v) is 30.7. The number of benzene rings is 2. The maximum absolute atomic E-state index is 14.5. The van der Waals surface area contributed by atoms with Gasteiger partial charge < -0.3 is 39.5 Å². The van der Waals surface area contributed by atoms with Crippen molar-refractivity contribution in [2.45, 2.75) is 103 Å². The van der Waals surface area contributed by atoms with Crippen molar-refractivity contribution in [1.82, 2.24) is 20.5 Å². The summed E-state index contributed by atoms with van der Waals surface area (Å²) in [6, 6.07) is 14.6. The summed E-state index contributed by atoms with van der Waals surface area (Å²) in [5, 5.41) is 5.97. The van der Waals surface area contributed by atoms with Crippen LogP contribution in [0, 0.1) is 5.41 Å². The van der Waals surface area contributed by atoms with Gasteiger partial charge in [0.15, 0.2) is 0 Å². The number of amides is 3. The number of hydrogen-bond donors (Lipinski definition) is 4. The van der Waals surface area contributed by atoms with Gasteiger partial charge in [0.2, 0.25) is 11.8 Å². The number of nitrogens with one attached hydrogen (secondary N) is 2. The van der Waals surface area contributed by atoms with Crippen molar-refractivity contribution in [3.8, 4) is 22.8 Å². The van der Waals surface area contributed by atoms with Gasteiger partial charge in [-0.3, -0.25) is 14.2 Å². The first-order valence-electron chi connectivity index (χ1n) is 17.5. The van der Waals surface area contributed by atoms with Gasteiger partial charge in [0.25, 0.3) is 0 Å². The fourth-order valence-corrected chi connectivity index (χ4v) is 7.58. The first-order chi connectivity index (χ1) is 24.2. The van der Waals surface area contributed by atoms with Gasteiger partial charge in [-0.05, 0) is 49.7 Å². The van der Waals surface area contributed by atoms with Crippen molar-refractivity contribution in [2.75, 3.05) is 13.7 Å². The zero-order chi connectivity index (χ0) is 36.9. The molecule has 51 heavy (non-hydrogen) atoms. The topological polar surface area (TPSA) is 177 Å². The van der Waals surface area contributed by atoms with E-state index < -0.39 is 54.9 Å². The molecule has 1 unspecified atom stereocenters. The Labute approximate surface area is 298 Å². The van der Waals surface area contributed by atoms with E-state index in [1.807, 2.05) is 42.5 Å². The normalized spacial score (nSPS) is 19.4. The van der Waals surface area contributed by atoms with Gasteiger partial charge >= 0.3 is 13.7 Å². The third-order valence-electron chi connectivity index (χ3n) is 9.42. The van der Waals surface area contributed by atoms with Crippen molar-refractivity contribution in [2.24, 2.45) is 5.41 Å². The maximum Gasteiger partial charge on any atom is 0.408 e. The Hall–Kier alpha value is -4.19. The monoisotopic (exact) mass is 724 g/mol. The number of carbonyl (C=O) groups excluding carboxylic acids is 3. The lowest BCUT2D eigenvalue weighted by Gasteiger charge is -2.35. The van der Waals surface area contributed by atoms with Crippen molar-refractivity contribution >= 4 is 36.4 Å². The summed E-state index contributed by atoms with van der Waals surface area (Å²) >= 11 is 0. The molecule has 0 radical (unpaired) electrons. The maximum atomic E-state index is 14.5. The highest BCUT2D eigenvalue weighted by molar-refractivity contribution is 7.52. The van der Waals surface area contributed by atoms with Gasteiger partial charge in [0, 0.05) is 29.5 Å². The summed E-state index contributed by atoms with van der Waals surface area (Å²) in [5.41, 5.74) is 1.34. The summed E-state index contributed by atoms with van der Waals surface area (Å²) in [4.78, 5) is 67.6. The van der Waals surface area contributed by atoms with Gasteiger partial charge in [-0.2, -0.15) is 0 Å². The van der Waals surface area contributed by atoms with Gasteiger partial charge in [-0.1, -0.05) is 64.4 Å². The van der Waals surface area contributed by atoms with E-state index in [0.29, 0.717) is 34.5 Å². The van der Waals surface area contributed by atoms with Crippen molar-refractivity contribution in [3.63, 3.8) is 0 Å². The minimum absolute atomic E-state index is 0.0294. The van der Waals surface area contributed by atoms with Gasteiger partial charge in [0.05, 0.1) is 24.9 Å². The Morgan fingerprint density at radius 2 is 1.73 bits per heavy atom. The number of methoxy groups -OCH3 is 1. The first-order valence-corrected chi connectivity index (χ1v) is 19.2. The lowest BCUT2D eigenvalue weighted by atomic mass is 9.85. The van der Waals surface area contributed by atoms with E-state index in [-0.39, 0.29) is 25.5 Å². The molecule has 1 aliphatic heterocycles. The average Bonchev–Trinajstić information content (AvgIpc) is 3.76. The molecule has 1 saturated heterocycles. The van der Waals surface area contributed by atoms with E-state index in [9.17, 15) is 28.7 Å². The fraction of sp³-hybridized carbons (Fsp3) is 0.514. The van der Waals surface area contributed by atoms with Crippen LogP contribution in [-0.4, -0.2) is 81.3 Å². The van der Waals surface area contributed by atoms with Crippen LogP contribution in [0.4, 0.5) is 4.79 Å². The van der Waals surface area contributed by atoms with Crippen LogP contribution in [0.2, 0.25) is 0 Å². The zero-order valence-electron chi connectivity index (χ0n) is 29.8. The highest BCUT2D eigenvalue weighted by atomic mass is 31.2. The van der Waals surface area contributed by atoms with Crippen molar-refractivity contribution in [1.29, 1.82) is 0 Å². The summed E-state index contributed by atoms with van der Waals surface area (Å²) in [6.07, 6.45) is 2.31. The lowest BCUT2D eigenvalue weighted by Crippen LogP contribution is -2.58. The minimum Gasteiger partial charge on any atom is -0.497 e. The molecule has 0 bridgehead atoms. The molecule has 1 saturated carbocycles. The third kappa shape index (κ3) is 9.38. The summed E-state index contributed by atoms with van der Waals surface area (Å²) in [7, 11) is -3.14. The number of pyridine rings is 1. The van der Waals surface area contributed by atoms with Crippen molar-refractivity contribution in [3.05, 3.63) is 54.6 Å². The molecule has 3 amide bonds. The molecule has 2 heterocycles. The number of fused-ring (bicyclic) bond motifs is 1. The Morgan fingerprint density at radius 1 is 1.02 bits per heavy atom. The van der Waals surface area contributed by atoms with Crippen LogP contribution >= 0.6 is 7.60 Å². The molecule has 14 heteroatoms. The number of alkyl carbamates (subject to hydrolysis) is 1. The van der Waals surface area contributed by atoms with E-state index in [2.05, 4.69) is 10.6 Å². The molecule has 1 aliphatic carbocycles. The summed E-state index contributed by atoms with van der Waals surface area (Å²) in [5.74, 6) is -1.58. The van der Waals surface area contributed by atoms with Gasteiger partial charge in [0.1, 0.15) is 41.6 Å². The Kier molecular flexibility index (Phi) is 11.9. The molecule has 2 fully saturated rings. The van der Waals surface area contributed by atoms with Crippen LogP contribution in [0.5, 0.6) is 11.5 Å². The van der Waals surface area contributed by atoms with E-state index in [4.69, 9.17) is 19.2 Å². The molecule has 2 aliphatic rings. The Bertz CT molecular complexity index is 1750. The largest absolute Gasteiger partial charge is 0.497 e. The summed E-state index contributed by atoms with van der Waals surface area (Å²) in [6.45, 7) is 7.14. The van der Waals surface area contributed by atoms with Crippen LogP contribution < -0.4 is 20.1 Å². The number of hydrogen-bond acceptors (Lipinski definition) is 8. The molecular formula is C37H49N4O9P. The molecule has 4 atom stereocenters. The minimum atomic E-state index is -4.71. The molecule has 5 rings (SSSR count). The lowest BCUT2D eigenvalue weighted by molar-refractivity contribution is -0.142. The number of aromatic nitrogens is 1. The van der Waals surface area contributed by atoms with Crippen LogP contribution in [0.25, 0.3) is 22.2 Å². The number of nitrogens with zero attached hydrogens (tertiary/aromatic N) is 2. The van der Waals surface area contributed by atoms with E-state index >= 15 is 0 Å². The average molecular weight is 725 g/mol. The van der Waals surface area contributed by atoms with Crippen LogP contribution in [0.3, 0.4) is 0 Å². The SMILES string of the molecule is CCCC(NC(=O)[C@@H]1C[C@@H](Oc2cc(-c3ccccc3)nc3cc(OC)ccc23)CN1C(=O)[C@@H](NC(=O)OC1CCCC1)C(C)(C)C)P(=O)(O)O. The molecule has 3 aromatic rings. The van der Waals surface area contributed by atoms with Crippen LogP contribution in [0.1, 0.15) is 72.6 Å². The molecule has 0 spiro atoms. The molecule has 2 aromatic carbocycles. The number of likely N-dealkylation sites (tertiary alicyclic amines) is 1. The molecule has 13 nitrogen and oxygen atoms in total. The summed E-state index contributed by atoms with van der Waals surface area (Å²) < 4.78 is 30.0. The standard InChI is InChI=1S/C37H49N4O9P/c1-6-12-32(51(45,46)47)39-34(42)30-20-26(22-41(30)35(43)33(37(2,3)4)40-36(44)50-24-15-10-11-16-24)49-31-21-28(23-13-8-7-9-14-23)38-29-19-25(48-5)17-18-27(29)31/h7-9,13-14,17-19,21,24,26,30,32-33H,6,10-12,15-16,20,22H2,1-5H3,(H,39,42)(H,40,44)(H2,45,46,47)/t26-,30+,32?,33-/m1/s1. The van der Waals surface area contributed by atoms with E-state index in [1.54, 1.807) is 46.9 Å². The first kappa shape index (κ1) is 38.1. The highest BCUT2D eigenvalue weighted by Crippen LogP contribution is 2.42. The number of ether oxygens (including phenoxy) is 3. The number of rotatable bonds is 12. The van der Waals surface area contributed by atoms with Crippen LogP contribution in [-0.2, 0) is 18.9 Å². The van der Waals surface area contributed by atoms with Crippen LogP contribution in [0.15, 0.2) is 54.6 Å². The van der Waals surface area contributed by atoms with Crippen molar-refractivity contribution < 1.29 is 42.9 Å². The number of carbonyl (C=O) groups is 3. The molecular weight excluding hydrogens is 675 g/mol. The molecule has 276 valence electrons. The second kappa shape index (κ2) is 16.0. The van der Waals surface area contributed by atoms with Gasteiger partial charge in [-0.25, -0.2) is 9.78 Å². The third-order valence-corrected chi connectivity index (χ3v) is 10.6. The fourth-order valence-electron chi connectivity index (χ4n) is 6.69. The quantitative estimate of drug-likeness (QED) is 0.168. The predicted molar refractivity (Wildman–Crippen MR) is 192 cm³/mol. The second-order valence-corrected chi connectivity index (χ2v) is 16.2. The smallest absolute Gasteiger partial charge is 0.408 e. The Morgan fingerprint density at radius 3 is 2.35 bits per heavy atom. The molecule has 1 aromatic heterocycles. The Balaban J connectivity index is 1.48. The second-order valence-electron chi connectivity index (χ2n) is 14.4.